The first-order valence-corrected chi connectivity index (χ1v) is 8.36. The van der Waals surface area contributed by atoms with Crippen molar-refractivity contribution in [3.8, 4) is 0 Å². The van der Waals surface area contributed by atoms with Crippen molar-refractivity contribution < 1.29 is 9.59 Å². The third-order valence-electron chi connectivity index (χ3n) is 3.85. The van der Waals surface area contributed by atoms with Gasteiger partial charge in [-0.25, -0.2) is 4.98 Å². The molecule has 116 valence electrons. The van der Waals surface area contributed by atoms with Gasteiger partial charge in [-0.1, -0.05) is 20.3 Å². The highest BCUT2D eigenvalue weighted by atomic mass is 32.1. The van der Waals surface area contributed by atoms with Gasteiger partial charge < -0.3 is 11.1 Å². The highest BCUT2D eigenvalue weighted by Crippen LogP contribution is 2.24. The second kappa shape index (κ2) is 7.02. The summed E-state index contributed by atoms with van der Waals surface area (Å²) < 4.78 is 0. The second-order valence-corrected chi connectivity index (χ2v) is 6.93. The van der Waals surface area contributed by atoms with Gasteiger partial charge in [0.25, 0.3) is 0 Å². The van der Waals surface area contributed by atoms with Crippen LogP contribution in [0.5, 0.6) is 0 Å². The lowest BCUT2D eigenvalue weighted by atomic mass is 9.85. The Kier molecular flexibility index (Phi) is 5.33. The van der Waals surface area contributed by atoms with Gasteiger partial charge in [-0.2, -0.15) is 0 Å². The Hall–Kier alpha value is -1.43. The van der Waals surface area contributed by atoms with E-state index in [-0.39, 0.29) is 23.8 Å². The van der Waals surface area contributed by atoms with E-state index in [1.54, 1.807) is 11.3 Å². The summed E-state index contributed by atoms with van der Waals surface area (Å²) in [6, 6.07) is 0.0620. The Bertz CT molecular complexity index is 513. The molecule has 21 heavy (non-hydrogen) atoms. The first-order chi connectivity index (χ1) is 9.95. The second-order valence-electron chi connectivity index (χ2n) is 6.04. The molecule has 1 aromatic heterocycles. The number of nitrogens with two attached hydrogens (primary N) is 1. The molecule has 1 heterocycles. The van der Waals surface area contributed by atoms with Gasteiger partial charge in [-0.15, -0.1) is 11.3 Å². The van der Waals surface area contributed by atoms with E-state index in [1.165, 1.54) is 0 Å². The van der Waals surface area contributed by atoms with Crippen molar-refractivity contribution in [2.24, 2.45) is 11.7 Å². The van der Waals surface area contributed by atoms with Gasteiger partial charge in [-0.3, -0.25) is 9.59 Å². The number of nitrogens with one attached hydrogen (secondary N) is 1. The molecule has 0 unspecified atom stereocenters. The molecule has 1 fully saturated rings. The Morgan fingerprint density at radius 2 is 2.24 bits per heavy atom. The fourth-order valence-electron chi connectivity index (χ4n) is 2.69. The van der Waals surface area contributed by atoms with E-state index >= 15 is 0 Å². The van der Waals surface area contributed by atoms with Crippen LogP contribution in [0, 0.1) is 5.92 Å². The monoisotopic (exact) mass is 309 g/mol. The fraction of sp³-hybridized carbons (Fsp3) is 0.667. The molecule has 1 aliphatic rings. The minimum atomic E-state index is -0.255. The zero-order valence-electron chi connectivity index (χ0n) is 12.6. The Morgan fingerprint density at radius 3 is 2.86 bits per heavy atom. The van der Waals surface area contributed by atoms with Crippen molar-refractivity contribution >= 4 is 23.2 Å². The van der Waals surface area contributed by atoms with Crippen molar-refractivity contribution in [3.05, 3.63) is 16.1 Å². The maximum absolute atomic E-state index is 12.1. The highest BCUT2D eigenvalue weighted by molar-refractivity contribution is 7.09. The summed E-state index contributed by atoms with van der Waals surface area (Å²) in [5.41, 5.74) is 6.18. The molecule has 0 saturated heterocycles. The van der Waals surface area contributed by atoms with E-state index < -0.39 is 0 Å². The van der Waals surface area contributed by atoms with Gasteiger partial charge in [0, 0.05) is 23.3 Å². The van der Waals surface area contributed by atoms with E-state index in [1.807, 2.05) is 5.38 Å². The summed E-state index contributed by atoms with van der Waals surface area (Å²) in [4.78, 5) is 27.8. The maximum atomic E-state index is 12.1. The van der Waals surface area contributed by atoms with Gasteiger partial charge in [0.1, 0.15) is 0 Å². The van der Waals surface area contributed by atoms with E-state index in [9.17, 15) is 9.59 Å². The number of carbonyl (C=O) groups excluding carboxylic acids is 2. The Morgan fingerprint density at radius 1 is 1.48 bits per heavy atom. The summed E-state index contributed by atoms with van der Waals surface area (Å²) in [6.45, 7) is 4.18. The minimum absolute atomic E-state index is 0.0225. The predicted octanol–water partition coefficient (Wildman–Crippen LogP) is 1.97. The average Bonchev–Trinajstić information content (AvgIpc) is 2.87. The number of hydrogen-bond donors (Lipinski definition) is 2. The summed E-state index contributed by atoms with van der Waals surface area (Å²) in [7, 11) is 0. The molecular formula is C15H23N3O2S. The topological polar surface area (TPSA) is 85.1 Å². The van der Waals surface area contributed by atoms with E-state index in [0.29, 0.717) is 18.8 Å². The van der Waals surface area contributed by atoms with Crippen LogP contribution in [0.15, 0.2) is 5.38 Å². The number of aromatic nitrogens is 1. The van der Waals surface area contributed by atoms with Gasteiger partial charge in [0.05, 0.1) is 17.1 Å². The number of rotatable bonds is 5. The van der Waals surface area contributed by atoms with Crippen LogP contribution in [0.1, 0.15) is 56.2 Å². The molecule has 6 heteroatoms. The quantitative estimate of drug-likeness (QED) is 0.872. The number of thiazole rings is 1. The molecule has 0 spiro atoms. The number of primary amides is 1. The van der Waals surface area contributed by atoms with Crippen LogP contribution < -0.4 is 11.1 Å². The van der Waals surface area contributed by atoms with Gasteiger partial charge in [-0.05, 0) is 19.3 Å². The molecule has 1 aromatic rings. The normalized spacial score (nSPS) is 22.2. The maximum Gasteiger partial charge on any atom is 0.226 e. The predicted molar refractivity (Wildman–Crippen MR) is 83.0 cm³/mol. The number of amides is 2. The van der Waals surface area contributed by atoms with Gasteiger partial charge in [0.15, 0.2) is 0 Å². The third-order valence-corrected chi connectivity index (χ3v) is 5.04. The Labute approximate surface area is 129 Å². The third kappa shape index (κ3) is 4.52. The molecule has 0 aliphatic heterocycles. The molecule has 0 aromatic carbocycles. The molecule has 5 nitrogen and oxygen atoms in total. The van der Waals surface area contributed by atoms with Crippen molar-refractivity contribution in [2.75, 3.05) is 0 Å². The molecule has 0 radical (unpaired) electrons. The zero-order chi connectivity index (χ0) is 15.4. The summed E-state index contributed by atoms with van der Waals surface area (Å²) in [6.07, 6.45) is 3.67. The summed E-state index contributed by atoms with van der Waals surface area (Å²) >= 11 is 1.60. The first-order valence-electron chi connectivity index (χ1n) is 7.48. The lowest BCUT2D eigenvalue weighted by Crippen LogP contribution is -2.41. The lowest BCUT2D eigenvalue weighted by molar-refractivity contribution is -0.125. The van der Waals surface area contributed by atoms with Gasteiger partial charge in [0.2, 0.25) is 11.8 Å². The van der Waals surface area contributed by atoms with Crippen molar-refractivity contribution in [3.63, 3.8) is 0 Å². The van der Waals surface area contributed by atoms with Crippen LogP contribution in [0.4, 0.5) is 0 Å². The number of carbonyl (C=O) groups is 2. The van der Waals surface area contributed by atoms with E-state index in [2.05, 4.69) is 24.1 Å². The van der Waals surface area contributed by atoms with Crippen LogP contribution >= 0.6 is 11.3 Å². The standard InChI is InChI=1S/C15H23N3O2S/c1-9(2)15-18-12(8-21-15)7-13(19)17-11-5-3-4-10(6-11)14(16)20/h8-11H,3-7H2,1-2H3,(H2,16,20)(H,17,19)/t10-,11-/m1/s1. The smallest absolute Gasteiger partial charge is 0.226 e. The van der Waals surface area contributed by atoms with Crippen LogP contribution in [-0.4, -0.2) is 22.8 Å². The molecule has 3 N–H and O–H groups in total. The molecule has 2 amide bonds. The molecule has 2 rings (SSSR count). The summed E-state index contributed by atoms with van der Waals surface area (Å²) in [5, 5.41) is 6.01. The lowest BCUT2D eigenvalue weighted by Gasteiger charge is -2.27. The minimum Gasteiger partial charge on any atom is -0.369 e. The van der Waals surface area contributed by atoms with Crippen molar-refractivity contribution in [2.45, 2.75) is 57.9 Å². The van der Waals surface area contributed by atoms with Crippen LogP contribution in [0.3, 0.4) is 0 Å². The van der Waals surface area contributed by atoms with Crippen molar-refractivity contribution in [1.82, 2.24) is 10.3 Å². The van der Waals surface area contributed by atoms with Crippen LogP contribution in [-0.2, 0) is 16.0 Å². The number of hydrogen-bond acceptors (Lipinski definition) is 4. The largest absolute Gasteiger partial charge is 0.369 e. The first kappa shape index (κ1) is 15.9. The zero-order valence-corrected chi connectivity index (χ0v) is 13.4. The number of nitrogens with zero attached hydrogens (tertiary/aromatic N) is 1. The van der Waals surface area contributed by atoms with E-state index in [0.717, 1.165) is 30.0 Å². The summed E-state index contributed by atoms with van der Waals surface area (Å²) in [5.74, 6) is 0.0121. The van der Waals surface area contributed by atoms with Gasteiger partial charge >= 0.3 is 0 Å². The average molecular weight is 309 g/mol. The van der Waals surface area contributed by atoms with E-state index in [4.69, 9.17) is 5.73 Å². The Balaban J connectivity index is 1.84. The molecule has 1 aliphatic carbocycles. The molecule has 2 atom stereocenters. The highest BCUT2D eigenvalue weighted by Gasteiger charge is 2.26. The van der Waals surface area contributed by atoms with Crippen LogP contribution in [0.2, 0.25) is 0 Å². The molecule has 1 saturated carbocycles. The van der Waals surface area contributed by atoms with Crippen LogP contribution in [0.25, 0.3) is 0 Å². The SMILES string of the molecule is CC(C)c1nc(CC(=O)N[C@@H]2CCC[C@@H](C(N)=O)C2)cs1. The van der Waals surface area contributed by atoms with Crippen molar-refractivity contribution in [1.29, 1.82) is 0 Å². The molecule has 0 bridgehead atoms. The molecular weight excluding hydrogens is 286 g/mol. The fourth-order valence-corrected chi connectivity index (χ4v) is 3.53.